The van der Waals surface area contributed by atoms with Gasteiger partial charge in [0.2, 0.25) is 0 Å². The van der Waals surface area contributed by atoms with Crippen LogP contribution in [0.3, 0.4) is 0 Å². The summed E-state index contributed by atoms with van der Waals surface area (Å²) in [6.07, 6.45) is 0.823. The molecule has 1 fully saturated rings. The van der Waals surface area contributed by atoms with Gasteiger partial charge in [0, 0.05) is 11.1 Å². The molecule has 1 saturated carbocycles. The highest BCUT2D eigenvalue weighted by Crippen LogP contribution is 2.48. The molecule has 0 aliphatic heterocycles. The van der Waals surface area contributed by atoms with Crippen LogP contribution in [0.5, 0.6) is 5.75 Å². The molecule has 2 unspecified atom stereocenters. The molecule has 1 aliphatic carbocycles. The SMILES string of the molecule is CCOC(=O)C1CC(c2c(OC)ccc(Cl)c2Cl)CC1=C=O. The molecule has 6 heteroatoms. The van der Waals surface area contributed by atoms with Crippen molar-refractivity contribution in [3.63, 3.8) is 0 Å². The van der Waals surface area contributed by atoms with Crippen LogP contribution in [-0.2, 0) is 14.3 Å². The van der Waals surface area contributed by atoms with E-state index in [0.717, 1.165) is 5.56 Å². The van der Waals surface area contributed by atoms with Crippen LogP contribution in [0.15, 0.2) is 17.7 Å². The highest BCUT2D eigenvalue weighted by Gasteiger charge is 2.39. The minimum Gasteiger partial charge on any atom is -0.496 e. The third-order valence-corrected chi connectivity index (χ3v) is 4.65. The van der Waals surface area contributed by atoms with Crippen LogP contribution in [0, 0.1) is 5.92 Å². The fourth-order valence-corrected chi connectivity index (χ4v) is 3.31. The van der Waals surface area contributed by atoms with Crippen molar-refractivity contribution >= 4 is 35.1 Å². The van der Waals surface area contributed by atoms with E-state index < -0.39 is 11.9 Å². The lowest BCUT2D eigenvalue weighted by Crippen LogP contribution is -2.16. The molecule has 2 rings (SSSR count). The van der Waals surface area contributed by atoms with Gasteiger partial charge in [-0.25, -0.2) is 4.79 Å². The predicted molar refractivity (Wildman–Crippen MR) is 84.3 cm³/mol. The highest BCUT2D eigenvalue weighted by atomic mass is 35.5. The average molecular weight is 343 g/mol. The van der Waals surface area contributed by atoms with Gasteiger partial charge in [0.15, 0.2) is 0 Å². The molecular weight excluding hydrogens is 327 g/mol. The second-order valence-electron chi connectivity index (χ2n) is 5.05. The molecule has 1 aromatic rings. The van der Waals surface area contributed by atoms with Crippen molar-refractivity contribution in [2.24, 2.45) is 5.92 Å². The molecule has 0 bridgehead atoms. The Morgan fingerprint density at radius 1 is 1.41 bits per heavy atom. The quantitative estimate of drug-likeness (QED) is 0.616. The maximum atomic E-state index is 12.0. The van der Waals surface area contributed by atoms with Crippen LogP contribution in [0.1, 0.15) is 31.2 Å². The summed E-state index contributed by atoms with van der Waals surface area (Å²) in [6, 6.07) is 3.38. The Morgan fingerprint density at radius 3 is 2.73 bits per heavy atom. The number of rotatable bonds is 4. The highest BCUT2D eigenvalue weighted by molar-refractivity contribution is 6.42. The first-order valence-electron chi connectivity index (χ1n) is 6.95. The van der Waals surface area contributed by atoms with Crippen molar-refractivity contribution in [2.45, 2.75) is 25.7 Å². The number of carbonyl (C=O) groups excluding carboxylic acids is 2. The Hall–Kier alpha value is -1.48. The van der Waals surface area contributed by atoms with Gasteiger partial charge in [-0.15, -0.1) is 0 Å². The molecule has 0 heterocycles. The van der Waals surface area contributed by atoms with Crippen LogP contribution in [-0.4, -0.2) is 25.6 Å². The van der Waals surface area contributed by atoms with E-state index in [1.807, 2.05) is 5.94 Å². The third-order valence-electron chi connectivity index (χ3n) is 3.83. The van der Waals surface area contributed by atoms with Gasteiger partial charge in [-0.1, -0.05) is 23.2 Å². The summed E-state index contributed by atoms with van der Waals surface area (Å²) in [6.45, 7) is 2.00. The largest absolute Gasteiger partial charge is 0.496 e. The Balaban J connectivity index is 2.38. The van der Waals surface area contributed by atoms with Gasteiger partial charge in [-0.3, -0.25) is 4.79 Å². The summed E-state index contributed by atoms with van der Waals surface area (Å²) in [5.41, 5.74) is 1.12. The monoisotopic (exact) mass is 342 g/mol. The number of esters is 1. The Bertz CT molecular complexity index is 635. The Morgan fingerprint density at radius 2 is 2.14 bits per heavy atom. The van der Waals surface area contributed by atoms with Gasteiger partial charge in [-0.05, 0) is 37.8 Å². The third kappa shape index (κ3) is 3.14. The van der Waals surface area contributed by atoms with Gasteiger partial charge < -0.3 is 9.47 Å². The molecule has 4 nitrogen and oxygen atoms in total. The zero-order valence-electron chi connectivity index (χ0n) is 12.3. The van der Waals surface area contributed by atoms with Crippen LogP contribution in [0.25, 0.3) is 0 Å². The van der Waals surface area contributed by atoms with Crippen molar-refractivity contribution < 1.29 is 19.1 Å². The first kappa shape index (κ1) is 16.9. The van der Waals surface area contributed by atoms with Gasteiger partial charge in [-0.2, -0.15) is 0 Å². The second kappa shape index (κ2) is 7.19. The lowest BCUT2D eigenvalue weighted by Gasteiger charge is -2.17. The molecule has 118 valence electrons. The molecule has 0 spiro atoms. The van der Waals surface area contributed by atoms with Crippen molar-refractivity contribution in [1.29, 1.82) is 0 Å². The minimum absolute atomic E-state index is 0.132. The zero-order chi connectivity index (χ0) is 16.3. The van der Waals surface area contributed by atoms with E-state index in [1.165, 1.54) is 7.11 Å². The fraction of sp³-hybridized carbons (Fsp3) is 0.438. The van der Waals surface area contributed by atoms with Gasteiger partial charge >= 0.3 is 5.97 Å². The van der Waals surface area contributed by atoms with Gasteiger partial charge in [0.25, 0.3) is 0 Å². The Labute approximate surface area is 139 Å². The summed E-state index contributed by atoms with van der Waals surface area (Å²) in [7, 11) is 1.54. The number of benzene rings is 1. The second-order valence-corrected chi connectivity index (χ2v) is 5.83. The normalized spacial score (nSPS) is 20.6. The van der Waals surface area contributed by atoms with Crippen LogP contribution >= 0.6 is 23.2 Å². The van der Waals surface area contributed by atoms with E-state index in [2.05, 4.69) is 0 Å². The van der Waals surface area contributed by atoms with E-state index in [-0.39, 0.29) is 12.5 Å². The van der Waals surface area contributed by atoms with Gasteiger partial charge in [0.05, 0.1) is 29.7 Å². The predicted octanol–water partition coefficient (Wildman–Crippen LogP) is 3.82. The van der Waals surface area contributed by atoms with Crippen molar-refractivity contribution in [3.8, 4) is 5.75 Å². The number of ether oxygens (including phenoxy) is 2. The first-order chi connectivity index (χ1) is 10.5. The minimum atomic E-state index is -0.581. The first-order valence-corrected chi connectivity index (χ1v) is 7.71. The summed E-state index contributed by atoms with van der Waals surface area (Å²) in [5, 5.41) is 0.800. The van der Waals surface area contributed by atoms with E-state index in [9.17, 15) is 9.59 Å². The molecule has 0 amide bonds. The standard InChI is InChI=1S/C16H16Cl2O4/c1-3-22-16(20)11-7-9(6-10(11)8-19)14-13(21-2)5-4-12(17)15(14)18/h4-5,9,11H,3,6-7H2,1-2H3. The van der Waals surface area contributed by atoms with Crippen LogP contribution in [0.2, 0.25) is 10.0 Å². The van der Waals surface area contributed by atoms with Crippen molar-refractivity contribution in [2.75, 3.05) is 13.7 Å². The van der Waals surface area contributed by atoms with E-state index in [0.29, 0.717) is 34.2 Å². The molecule has 0 aromatic heterocycles. The maximum Gasteiger partial charge on any atom is 0.313 e. The summed E-state index contributed by atoms with van der Waals surface area (Å²) in [4.78, 5) is 23.1. The van der Waals surface area contributed by atoms with E-state index in [1.54, 1.807) is 19.1 Å². The van der Waals surface area contributed by atoms with E-state index in [4.69, 9.17) is 32.7 Å². The average Bonchev–Trinajstić information content (AvgIpc) is 2.94. The molecule has 1 aromatic carbocycles. The molecule has 2 atom stereocenters. The number of methoxy groups -OCH3 is 1. The summed E-state index contributed by atoms with van der Waals surface area (Å²) >= 11 is 12.4. The zero-order valence-corrected chi connectivity index (χ0v) is 13.8. The summed E-state index contributed by atoms with van der Waals surface area (Å²) < 4.78 is 10.4. The Kier molecular flexibility index (Phi) is 5.52. The molecular formula is C16H16Cl2O4. The molecule has 0 saturated heterocycles. The fourth-order valence-electron chi connectivity index (χ4n) is 2.84. The number of carbonyl (C=O) groups is 1. The van der Waals surface area contributed by atoms with Crippen LogP contribution < -0.4 is 4.74 Å². The van der Waals surface area contributed by atoms with Gasteiger partial charge in [0.1, 0.15) is 11.7 Å². The van der Waals surface area contributed by atoms with E-state index >= 15 is 0 Å². The maximum absolute atomic E-state index is 12.0. The smallest absolute Gasteiger partial charge is 0.313 e. The van der Waals surface area contributed by atoms with Crippen LogP contribution in [0.4, 0.5) is 0 Å². The molecule has 0 radical (unpaired) electrons. The summed E-state index contributed by atoms with van der Waals surface area (Å²) in [5.74, 6) is 1.35. The van der Waals surface area contributed by atoms with Crippen molar-refractivity contribution in [1.82, 2.24) is 0 Å². The molecule has 0 N–H and O–H groups in total. The number of halogens is 2. The number of hydrogen-bond donors (Lipinski definition) is 0. The number of hydrogen-bond acceptors (Lipinski definition) is 4. The lowest BCUT2D eigenvalue weighted by molar-refractivity contribution is -0.146. The van der Waals surface area contributed by atoms with Crippen molar-refractivity contribution in [3.05, 3.63) is 33.3 Å². The molecule has 1 aliphatic rings. The topological polar surface area (TPSA) is 52.6 Å². The lowest BCUT2D eigenvalue weighted by atomic mass is 9.95. The molecule has 22 heavy (non-hydrogen) atoms.